The molecular weight excluding hydrogens is 432 g/mol. The van der Waals surface area contributed by atoms with Crippen molar-refractivity contribution in [2.75, 3.05) is 5.32 Å². The maximum atomic E-state index is 13.1. The zero-order valence-electron chi connectivity index (χ0n) is 17.8. The summed E-state index contributed by atoms with van der Waals surface area (Å²) >= 11 is 6.07. The fourth-order valence-electron chi connectivity index (χ4n) is 4.02. The van der Waals surface area contributed by atoms with Crippen molar-refractivity contribution < 1.29 is 8.94 Å². The SMILES string of the molecule is Cc1cc([C@@H](C)Nc2ccc(Cl)nc2-c2noc(=O)[nH]2)c2oc(C3CC3)c(C)c(=O)c2c1. The van der Waals surface area contributed by atoms with E-state index in [1.807, 2.05) is 32.9 Å². The summed E-state index contributed by atoms with van der Waals surface area (Å²) < 4.78 is 10.9. The van der Waals surface area contributed by atoms with Gasteiger partial charge in [-0.25, -0.2) is 9.78 Å². The molecular formula is C23H21ClN4O4. The molecule has 5 rings (SSSR count). The zero-order valence-corrected chi connectivity index (χ0v) is 18.5. The minimum atomic E-state index is -0.685. The van der Waals surface area contributed by atoms with Crippen LogP contribution in [-0.2, 0) is 0 Å². The molecule has 1 aliphatic rings. The molecule has 9 heteroatoms. The Morgan fingerprint density at radius 3 is 2.69 bits per heavy atom. The Morgan fingerprint density at radius 1 is 1.22 bits per heavy atom. The molecule has 0 radical (unpaired) electrons. The zero-order chi connectivity index (χ0) is 22.6. The van der Waals surface area contributed by atoms with Crippen LogP contribution in [0.3, 0.4) is 0 Å². The van der Waals surface area contributed by atoms with Gasteiger partial charge in [0.05, 0.1) is 17.1 Å². The summed E-state index contributed by atoms with van der Waals surface area (Å²) in [6, 6.07) is 7.02. The monoisotopic (exact) mass is 452 g/mol. The lowest BCUT2D eigenvalue weighted by Gasteiger charge is -2.20. The van der Waals surface area contributed by atoms with Gasteiger partial charge < -0.3 is 9.73 Å². The van der Waals surface area contributed by atoms with Crippen molar-refractivity contribution in [3.63, 3.8) is 0 Å². The van der Waals surface area contributed by atoms with Gasteiger partial charge in [0, 0.05) is 17.0 Å². The molecule has 4 aromatic rings. The number of aryl methyl sites for hydroxylation is 1. The Kier molecular flexibility index (Phi) is 4.89. The van der Waals surface area contributed by atoms with Gasteiger partial charge in [0.1, 0.15) is 22.2 Å². The summed E-state index contributed by atoms with van der Waals surface area (Å²) in [5.74, 6) is 0.587. The minimum Gasteiger partial charge on any atom is -0.460 e. The van der Waals surface area contributed by atoms with Crippen LogP contribution in [0.15, 0.2) is 42.8 Å². The Hall–Kier alpha value is -3.39. The fourth-order valence-corrected chi connectivity index (χ4v) is 4.16. The van der Waals surface area contributed by atoms with Crippen molar-refractivity contribution >= 4 is 28.3 Å². The first kappa shape index (κ1) is 20.5. The molecule has 0 amide bonds. The van der Waals surface area contributed by atoms with Crippen LogP contribution in [0, 0.1) is 13.8 Å². The Morgan fingerprint density at radius 2 is 2.00 bits per heavy atom. The maximum Gasteiger partial charge on any atom is 0.439 e. The second-order valence-electron chi connectivity index (χ2n) is 8.27. The molecule has 1 fully saturated rings. The normalized spacial score (nSPS) is 14.6. The molecule has 0 unspecified atom stereocenters. The van der Waals surface area contributed by atoms with Crippen LogP contribution in [0.2, 0.25) is 5.15 Å². The molecule has 1 aliphatic carbocycles. The van der Waals surface area contributed by atoms with Gasteiger partial charge in [-0.2, -0.15) is 0 Å². The Labute approximate surface area is 187 Å². The van der Waals surface area contributed by atoms with Crippen molar-refractivity contribution in [2.45, 2.75) is 45.6 Å². The second kappa shape index (κ2) is 7.63. The first-order valence-electron chi connectivity index (χ1n) is 10.4. The van der Waals surface area contributed by atoms with E-state index in [2.05, 4.69) is 25.0 Å². The summed E-state index contributed by atoms with van der Waals surface area (Å²) in [4.78, 5) is 31.3. The number of hydrogen-bond acceptors (Lipinski definition) is 7. The molecule has 1 saturated carbocycles. The summed E-state index contributed by atoms with van der Waals surface area (Å²) in [6.07, 6.45) is 2.08. The number of benzene rings is 1. The van der Waals surface area contributed by atoms with E-state index in [1.165, 1.54) is 0 Å². The standard InChI is InChI=1S/C23H21ClN4O4/c1-10-8-14(21-15(9-10)19(29)11(2)20(31-21)13-4-5-13)12(3)25-16-6-7-17(24)26-18(16)22-27-23(30)32-28-22/h6-9,12-13,25H,4-5H2,1-3H3,(H,27,28,30)/t12-/m1/s1. The predicted molar refractivity (Wildman–Crippen MR) is 121 cm³/mol. The number of rotatable bonds is 5. The third-order valence-electron chi connectivity index (χ3n) is 5.74. The number of nitrogens with one attached hydrogen (secondary N) is 2. The van der Waals surface area contributed by atoms with Crippen LogP contribution in [0.1, 0.15) is 54.2 Å². The average molecular weight is 453 g/mol. The molecule has 0 spiro atoms. The number of fused-ring (bicyclic) bond motifs is 1. The lowest BCUT2D eigenvalue weighted by Crippen LogP contribution is -2.13. The quantitative estimate of drug-likeness (QED) is 0.416. The molecule has 32 heavy (non-hydrogen) atoms. The molecule has 3 aromatic heterocycles. The molecule has 1 aromatic carbocycles. The van der Waals surface area contributed by atoms with Crippen molar-refractivity contribution in [1.29, 1.82) is 0 Å². The highest BCUT2D eigenvalue weighted by Crippen LogP contribution is 2.42. The Balaban J connectivity index is 1.61. The number of nitrogens with zero attached hydrogens (tertiary/aromatic N) is 2. The smallest absolute Gasteiger partial charge is 0.439 e. The first-order valence-corrected chi connectivity index (χ1v) is 10.8. The summed E-state index contributed by atoms with van der Waals surface area (Å²) in [5, 5.41) is 7.94. The summed E-state index contributed by atoms with van der Waals surface area (Å²) in [5.41, 5.74) is 4.05. The third-order valence-corrected chi connectivity index (χ3v) is 5.95. The van der Waals surface area contributed by atoms with E-state index in [-0.39, 0.29) is 22.4 Å². The second-order valence-corrected chi connectivity index (χ2v) is 8.65. The van der Waals surface area contributed by atoms with Crippen LogP contribution in [0.25, 0.3) is 22.5 Å². The average Bonchev–Trinajstić information content (AvgIpc) is 3.51. The van der Waals surface area contributed by atoms with Gasteiger partial charge in [-0.05, 0) is 57.4 Å². The van der Waals surface area contributed by atoms with Gasteiger partial charge in [-0.1, -0.05) is 22.8 Å². The molecule has 8 nitrogen and oxygen atoms in total. The van der Waals surface area contributed by atoms with Crippen LogP contribution < -0.4 is 16.5 Å². The van der Waals surface area contributed by atoms with E-state index in [9.17, 15) is 9.59 Å². The molecule has 0 saturated heterocycles. The van der Waals surface area contributed by atoms with Gasteiger partial charge in [-0.3, -0.25) is 14.3 Å². The highest BCUT2D eigenvalue weighted by molar-refractivity contribution is 6.29. The van der Waals surface area contributed by atoms with E-state index in [1.54, 1.807) is 12.1 Å². The largest absolute Gasteiger partial charge is 0.460 e. The molecule has 0 bridgehead atoms. The van der Waals surface area contributed by atoms with Gasteiger partial charge in [-0.15, -0.1) is 0 Å². The number of hydrogen-bond donors (Lipinski definition) is 2. The number of halogens is 1. The number of anilines is 1. The number of H-pyrrole nitrogens is 1. The van der Waals surface area contributed by atoms with Gasteiger partial charge in [0.25, 0.3) is 0 Å². The fraction of sp³-hybridized carbons (Fsp3) is 0.304. The molecule has 1 atom stereocenters. The van der Waals surface area contributed by atoms with Crippen molar-refractivity contribution in [1.82, 2.24) is 15.1 Å². The molecule has 3 heterocycles. The Bertz CT molecular complexity index is 1470. The van der Waals surface area contributed by atoms with Crippen molar-refractivity contribution in [3.8, 4) is 11.5 Å². The van der Waals surface area contributed by atoms with Gasteiger partial charge in [0.2, 0.25) is 5.82 Å². The maximum absolute atomic E-state index is 13.1. The van der Waals surface area contributed by atoms with Crippen LogP contribution in [0.4, 0.5) is 5.69 Å². The molecule has 2 N–H and O–H groups in total. The van der Waals surface area contributed by atoms with Gasteiger partial charge in [0.15, 0.2) is 5.43 Å². The lowest BCUT2D eigenvalue weighted by atomic mass is 9.99. The van der Waals surface area contributed by atoms with Crippen LogP contribution in [-0.4, -0.2) is 15.1 Å². The highest BCUT2D eigenvalue weighted by atomic mass is 35.5. The van der Waals surface area contributed by atoms with E-state index < -0.39 is 5.76 Å². The number of pyridine rings is 1. The van der Waals surface area contributed by atoms with Crippen molar-refractivity contribution in [2.24, 2.45) is 0 Å². The van der Waals surface area contributed by atoms with E-state index in [0.29, 0.717) is 33.8 Å². The summed E-state index contributed by atoms with van der Waals surface area (Å²) in [6.45, 7) is 5.76. The molecule has 0 aliphatic heterocycles. The lowest BCUT2D eigenvalue weighted by molar-refractivity contribution is 0.388. The highest BCUT2D eigenvalue weighted by Gasteiger charge is 2.30. The summed E-state index contributed by atoms with van der Waals surface area (Å²) in [7, 11) is 0. The van der Waals surface area contributed by atoms with Crippen molar-refractivity contribution in [3.05, 3.63) is 72.6 Å². The molecule has 164 valence electrons. The third kappa shape index (κ3) is 3.60. The van der Waals surface area contributed by atoms with Crippen LogP contribution >= 0.6 is 11.6 Å². The predicted octanol–water partition coefficient (Wildman–Crippen LogP) is 4.85. The van der Waals surface area contributed by atoms with E-state index in [0.717, 1.165) is 29.7 Å². The van der Waals surface area contributed by atoms with E-state index in [4.69, 9.17) is 16.0 Å². The van der Waals surface area contributed by atoms with Gasteiger partial charge >= 0.3 is 5.76 Å². The van der Waals surface area contributed by atoms with E-state index >= 15 is 0 Å². The van der Waals surface area contributed by atoms with Crippen LogP contribution in [0.5, 0.6) is 0 Å². The number of aromatic amines is 1. The minimum absolute atomic E-state index is 0.0133. The number of aromatic nitrogens is 3. The first-order chi connectivity index (χ1) is 15.3. The topological polar surface area (TPSA) is 114 Å².